The lowest BCUT2D eigenvalue weighted by atomic mass is 10.1. The molecule has 0 atom stereocenters. The molecular weight excluding hydrogens is 252 g/mol. The van der Waals surface area contributed by atoms with E-state index in [1.165, 1.54) is 0 Å². The fourth-order valence-corrected chi connectivity index (χ4v) is 1.35. The normalized spacial score (nSPS) is 9.00. The van der Waals surface area contributed by atoms with Gasteiger partial charge in [0, 0.05) is 12.6 Å². The van der Waals surface area contributed by atoms with Gasteiger partial charge in [-0.3, -0.25) is 9.59 Å². The molecular formula is C13H13ClN2O2. The third-order valence-corrected chi connectivity index (χ3v) is 2.36. The van der Waals surface area contributed by atoms with Gasteiger partial charge in [-0.15, -0.1) is 11.6 Å². The van der Waals surface area contributed by atoms with Crippen LogP contribution in [0.5, 0.6) is 0 Å². The average Bonchev–Trinajstić information content (AvgIpc) is 2.42. The monoisotopic (exact) mass is 264 g/mol. The second-order valence-electron chi connectivity index (χ2n) is 3.34. The molecule has 18 heavy (non-hydrogen) atoms. The van der Waals surface area contributed by atoms with Crippen molar-refractivity contribution in [1.29, 1.82) is 0 Å². The van der Waals surface area contributed by atoms with Crippen LogP contribution in [-0.2, 0) is 4.79 Å². The maximum Gasteiger partial charge on any atom is 0.252 e. The highest BCUT2D eigenvalue weighted by molar-refractivity contribution is 6.27. The summed E-state index contributed by atoms with van der Waals surface area (Å²) in [6, 6.07) is 7.01. The summed E-state index contributed by atoms with van der Waals surface area (Å²) in [6.07, 6.45) is 0. The molecule has 0 aromatic heterocycles. The number of nitrogens with one attached hydrogen (secondary N) is 2. The summed E-state index contributed by atoms with van der Waals surface area (Å²) in [4.78, 5) is 22.4. The van der Waals surface area contributed by atoms with Crippen molar-refractivity contribution in [2.75, 3.05) is 19.5 Å². The Bertz CT molecular complexity index is 503. The van der Waals surface area contributed by atoms with Gasteiger partial charge in [0.15, 0.2) is 0 Å². The summed E-state index contributed by atoms with van der Waals surface area (Å²) in [5.74, 6) is 5.06. The number of hydrogen-bond donors (Lipinski definition) is 2. The Morgan fingerprint density at radius 2 is 2.06 bits per heavy atom. The number of amides is 2. The van der Waals surface area contributed by atoms with Crippen molar-refractivity contribution in [2.45, 2.75) is 0 Å². The summed E-state index contributed by atoms with van der Waals surface area (Å²) in [5.41, 5.74) is 1.13. The minimum Gasteiger partial charge on any atom is -0.355 e. The second-order valence-corrected chi connectivity index (χ2v) is 3.60. The molecule has 0 aliphatic rings. The maximum atomic E-state index is 11.6. The van der Waals surface area contributed by atoms with Gasteiger partial charge in [0.1, 0.15) is 5.88 Å². The number of rotatable bonds is 3. The number of carbonyl (C=O) groups is 2. The summed E-state index contributed by atoms with van der Waals surface area (Å²) in [5, 5.41) is 5.07. The molecule has 1 aromatic carbocycles. The molecule has 2 amide bonds. The van der Waals surface area contributed by atoms with E-state index in [9.17, 15) is 9.59 Å². The molecule has 0 saturated carbocycles. The highest BCUT2D eigenvalue weighted by atomic mass is 35.5. The Morgan fingerprint density at radius 1 is 1.33 bits per heavy atom. The number of hydrogen-bond acceptors (Lipinski definition) is 2. The van der Waals surface area contributed by atoms with Crippen molar-refractivity contribution in [2.24, 2.45) is 0 Å². The second kappa shape index (κ2) is 7.36. The van der Waals surface area contributed by atoms with Crippen molar-refractivity contribution in [3.8, 4) is 11.8 Å². The zero-order chi connectivity index (χ0) is 13.4. The topological polar surface area (TPSA) is 58.2 Å². The largest absolute Gasteiger partial charge is 0.355 e. The fraction of sp³-hybridized carbons (Fsp3) is 0.231. The van der Waals surface area contributed by atoms with Crippen molar-refractivity contribution >= 4 is 23.4 Å². The van der Waals surface area contributed by atoms with Crippen LogP contribution >= 0.6 is 11.6 Å². The molecule has 0 aliphatic heterocycles. The van der Waals surface area contributed by atoms with Crippen LogP contribution in [0.3, 0.4) is 0 Å². The van der Waals surface area contributed by atoms with E-state index in [1.54, 1.807) is 31.3 Å². The number of benzene rings is 1. The predicted molar refractivity (Wildman–Crippen MR) is 70.4 cm³/mol. The van der Waals surface area contributed by atoms with Gasteiger partial charge < -0.3 is 10.6 Å². The Labute approximate surface area is 111 Å². The van der Waals surface area contributed by atoms with Crippen LogP contribution in [0, 0.1) is 11.8 Å². The first-order valence-corrected chi connectivity index (χ1v) is 5.85. The van der Waals surface area contributed by atoms with Crippen molar-refractivity contribution in [1.82, 2.24) is 10.6 Å². The summed E-state index contributed by atoms with van der Waals surface area (Å²) in [7, 11) is 1.56. The molecule has 0 radical (unpaired) electrons. The highest BCUT2D eigenvalue weighted by Crippen LogP contribution is 2.06. The first-order valence-electron chi connectivity index (χ1n) is 5.31. The van der Waals surface area contributed by atoms with E-state index >= 15 is 0 Å². The van der Waals surface area contributed by atoms with Crippen LogP contribution in [0.4, 0.5) is 0 Å². The van der Waals surface area contributed by atoms with Crippen LogP contribution in [0.2, 0.25) is 0 Å². The van der Waals surface area contributed by atoms with E-state index in [0.29, 0.717) is 11.1 Å². The Hall–Kier alpha value is -1.99. The van der Waals surface area contributed by atoms with Crippen LogP contribution in [0.25, 0.3) is 0 Å². The summed E-state index contributed by atoms with van der Waals surface area (Å²) < 4.78 is 0. The molecule has 0 unspecified atom stereocenters. The zero-order valence-electron chi connectivity index (χ0n) is 9.92. The molecule has 5 heteroatoms. The van der Waals surface area contributed by atoms with E-state index in [-0.39, 0.29) is 24.2 Å². The Kier molecular flexibility index (Phi) is 5.75. The molecule has 0 fully saturated rings. The molecule has 0 aliphatic carbocycles. The lowest BCUT2D eigenvalue weighted by Gasteiger charge is -2.02. The SMILES string of the molecule is CNC(=O)c1ccccc1C#CCNC(=O)CCl. The molecule has 0 bridgehead atoms. The van der Waals surface area contributed by atoms with Gasteiger partial charge in [0.2, 0.25) is 5.91 Å². The van der Waals surface area contributed by atoms with Crippen molar-refractivity contribution < 1.29 is 9.59 Å². The van der Waals surface area contributed by atoms with Crippen LogP contribution in [0.1, 0.15) is 15.9 Å². The number of carbonyl (C=O) groups excluding carboxylic acids is 2. The van der Waals surface area contributed by atoms with E-state index in [2.05, 4.69) is 22.5 Å². The molecule has 0 spiro atoms. The summed E-state index contributed by atoms with van der Waals surface area (Å²) >= 11 is 5.32. The maximum absolute atomic E-state index is 11.6. The molecule has 94 valence electrons. The molecule has 0 heterocycles. The smallest absolute Gasteiger partial charge is 0.252 e. The molecule has 0 saturated heterocycles. The zero-order valence-corrected chi connectivity index (χ0v) is 10.7. The number of alkyl halides is 1. The lowest BCUT2D eigenvalue weighted by molar-refractivity contribution is -0.118. The van der Waals surface area contributed by atoms with Gasteiger partial charge in [-0.2, -0.15) is 0 Å². The van der Waals surface area contributed by atoms with Gasteiger partial charge in [-0.05, 0) is 12.1 Å². The van der Waals surface area contributed by atoms with E-state index in [0.717, 1.165) is 0 Å². The van der Waals surface area contributed by atoms with Crippen LogP contribution in [-0.4, -0.2) is 31.3 Å². The van der Waals surface area contributed by atoms with Gasteiger partial charge >= 0.3 is 0 Å². The quantitative estimate of drug-likeness (QED) is 0.625. The summed E-state index contributed by atoms with van der Waals surface area (Å²) in [6.45, 7) is 0.202. The Balaban J connectivity index is 2.76. The van der Waals surface area contributed by atoms with Crippen LogP contribution < -0.4 is 10.6 Å². The molecule has 1 rings (SSSR count). The van der Waals surface area contributed by atoms with Crippen LogP contribution in [0.15, 0.2) is 24.3 Å². The standard InChI is InChI=1S/C13H13ClN2O2/c1-15-13(18)11-7-3-2-5-10(11)6-4-8-16-12(17)9-14/h2-3,5,7H,8-9H2,1H3,(H,15,18)(H,16,17). The van der Waals surface area contributed by atoms with Gasteiger partial charge in [0.25, 0.3) is 5.91 Å². The molecule has 4 nitrogen and oxygen atoms in total. The van der Waals surface area contributed by atoms with Gasteiger partial charge in [-0.1, -0.05) is 24.0 Å². The lowest BCUT2D eigenvalue weighted by Crippen LogP contribution is -2.24. The first-order chi connectivity index (χ1) is 8.69. The third kappa shape index (κ3) is 4.11. The van der Waals surface area contributed by atoms with Crippen molar-refractivity contribution in [3.05, 3.63) is 35.4 Å². The predicted octanol–water partition coefficient (Wildman–Crippen LogP) is 0.753. The van der Waals surface area contributed by atoms with Gasteiger partial charge in [0.05, 0.1) is 12.1 Å². The van der Waals surface area contributed by atoms with E-state index in [4.69, 9.17) is 11.6 Å². The minimum absolute atomic E-state index is 0.0868. The Morgan fingerprint density at radius 3 is 2.72 bits per heavy atom. The van der Waals surface area contributed by atoms with E-state index in [1.807, 2.05) is 0 Å². The number of halogens is 1. The fourth-order valence-electron chi connectivity index (χ4n) is 1.25. The van der Waals surface area contributed by atoms with Gasteiger partial charge in [-0.25, -0.2) is 0 Å². The van der Waals surface area contributed by atoms with E-state index < -0.39 is 0 Å². The first kappa shape index (κ1) is 14.1. The minimum atomic E-state index is -0.273. The van der Waals surface area contributed by atoms with Crippen molar-refractivity contribution in [3.63, 3.8) is 0 Å². The molecule has 1 aromatic rings. The highest BCUT2D eigenvalue weighted by Gasteiger charge is 2.06. The average molecular weight is 265 g/mol. The molecule has 2 N–H and O–H groups in total. The third-order valence-electron chi connectivity index (χ3n) is 2.12.